The Morgan fingerprint density at radius 3 is 1.40 bits per heavy atom. The predicted octanol–water partition coefficient (Wildman–Crippen LogP) is 22.6. The van der Waals surface area contributed by atoms with Crippen molar-refractivity contribution in [1.82, 2.24) is 56.1 Å². The maximum atomic E-state index is 12.0. The Bertz CT molecular complexity index is 5940. The van der Waals surface area contributed by atoms with Crippen LogP contribution in [0.2, 0.25) is 0 Å². The van der Waals surface area contributed by atoms with Crippen molar-refractivity contribution >= 4 is 90.6 Å². The number of aromatic nitrogens is 8. The number of nitrogens with one attached hydrogen (secondary N) is 7. The maximum absolute atomic E-state index is 12.0. The lowest BCUT2D eigenvalue weighted by atomic mass is 9.96. The maximum Gasteiger partial charge on any atom is 0.251 e. The third-order valence-corrected chi connectivity index (χ3v) is 22.3. The minimum atomic E-state index is -0.609. The molecule has 0 fully saturated rings. The fourth-order valence-electron chi connectivity index (χ4n) is 15.0. The van der Waals surface area contributed by atoms with Gasteiger partial charge in [0.15, 0.2) is 5.65 Å². The van der Waals surface area contributed by atoms with E-state index in [1.807, 2.05) is 162 Å². The van der Waals surface area contributed by atoms with Crippen LogP contribution in [0.5, 0.6) is 0 Å². The van der Waals surface area contributed by atoms with Crippen molar-refractivity contribution in [2.45, 2.75) is 243 Å². The van der Waals surface area contributed by atoms with Crippen LogP contribution in [0.4, 0.5) is 11.5 Å². The highest BCUT2D eigenvalue weighted by Crippen LogP contribution is 2.33. The summed E-state index contributed by atoms with van der Waals surface area (Å²) in [5.41, 5.74) is 24.9. The number of hydrogen-bond acceptors (Lipinski definition) is 16. The summed E-state index contributed by atoms with van der Waals surface area (Å²) in [6, 6.07) is 63.1. The summed E-state index contributed by atoms with van der Waals surface area (Å²) in [6.45, 7) is 47.0. The Balaban J connectivity index is 0.000000234. The minimum Gasteiger partial charge on any atom is -0.394 e. The number of benzene rings is 7. The first-order valence-corrected chi connectivity index (χ1v) is 47.3. The van der Waals surface area contributed by atoms with Gasteiger partial charge < -0.3 is 57.7 Å². The highest BCUT2D eigenvalue weighted by Gasteiger charge is 2.23. The van der Waals surface area contributed by atoms with Crippen molar-refractivity contribution in [1.29, 1.82) is 0 Å². The van der Waals surface area contributed by atoms with Crippen LogP contribution in [0.25, 0.3) is 43.6 Å². The second kappa shape index (κ2) is 57.4. The van der Waals surface area contributed by atoms with Gasteiger partial charge in [-0.1, -0.05) is 260 Å². The van der Waals surface area contributed by atoms with Gasteiger partial charge in [0.05, 0.1) is 55.7 Å². The van der Waals surface area contributed by atoms with Gasteiger partial charge in [-0.25, -0.2) is 9.97 Å². The number of carbonyl (C=O) groups excluding carboxylic acids is 6. The third kappa shape index (κ3) is 35.6. The molecule has 2 atom stereocenters. The molecular formula is C113H146N14O10. The second-order valence-corrected chi connectivity index (χ2v) is 36.7. The van der Waals surface area contributed by atoms with E-state index in [-0.39, 0.29) is 67.9 Å². The number of amides is 6. The van der Waals surface area contributed by atoms with E-state index in [1.165, 1.54) is 79.1 Å². The van der Waals surface area contributed by atoms with Crippen molar-refractivity contribution in [3.63, 3.8) is 0 Å². The van der Waals surface area contributed by atoms with Crippen molar-refractivity contribution in [2.75, 3.05) is 37.0 Å². The molecule has 2 unspecified atom stereocenters. The average Bonchev–Trinajstić information content (AvgIpc) is 1.03. The zero-order valence-electron chi connectivity index (χ0n) is 84.2. The van der Waals surface area contributed by atoms with E-state index in [9.17, 15) is 28.8 Å². The number of primary amides is 1. The van der Waals surface area contributed by atoms with E-state index in [2.05, 4.69) is 256 Å². The summed E-state index contributed by atoms with van der Waals surface area (Å²) in [5.74, 6) is 4.10. The van der Waals surface area contributed by atoms with Crippen molar-refractivity contribution in [3.05, 3.63) is 333 Å². The average molecular weight is 1860 g/mol. The fraction of sp³-hybridized carbons (Fsp3) is 0.363. The monoisotopic (exact) mass is 1860 g/mol. The molecule has 0 aliphatic carbocycles. The molecule has 1 aliphatic heterocycles. The van der Waals surface area contributed by atoms with Crippen molar-refractivity contribution < 1.29 is 49.2 Å². The lowest BCUT2D eigenvalue weighted by Crippen LogP contribution is -2.40. The molecule has 1 aliphatic rings. The molecule has 8 heterocycles. The summed E-state index contributed by atoms with van der Waals surface area (Å²) in [5, 5.41) is 62.6. The largest absolute Gasteiger partial charge is 0.394 e. The van der Waals surface area contributed by atoms with Crippen molar-refractivity contribution in [2.24, 2.45) is 5.73 Å². The number of rotatable bonds is 22. The van der Waals surface area contributed by atoms with Crippen LogP contribution in [-0.4, -0.2) is 141 Å². The van der Waals surface area contributed by atoms with Gasteiger partial charge in [-0.15, -0.1) is 0 Å². The number of carbonyl (C=O) groups is 6. The first-order valence-electron chi connectivity index (χ1n) is 47.3. The zero-order valence-corrected chi connectivity index (χ0v) is 84.2. The molecule has 7 aromatic heterocycles. The number of fused-ring (bicyclic) bond motifs is 5. The molecule has 14 aromatic rings. The molecule has 24 heteroatoms. The second-order valence-electron chi connectivity index (χ2n) is 36.7. The van der Waals surface area contributed by atoms with E-state index < -0.39 is 18.1 Å². The quantitative estimate of drug-likeness (QED) is 0.0300. The molecule has 137 heavy (non-hydrogen) atoms. The molecule has 728 valence electrons. The van der Waals surface area contributed by atoms with E-state index in [0.29, 0.717) is 87.8 Å². The smallest absolute Gasteiger partial charge is 0.251 e. The number of aliphatic hydroxyl groups is 4. The van der Waals surface area contributed by atoms with Gasteiger partial charge in [0.25, 0.3) is 23.6 Å². The number of pyridine rings is 5. The van der Waals surface area contributed by atoms with Gasteiger partial charge in [0.1, 0.15) is 5.82 Å². The first-order chi connectivity index (χ1) is 65.2. The standard InChI is InChI=1S/C13H19NO3.2C13H19NO2.C13H14.C11H12N2.C11H13NO.C11H13N.C10H14N2O.C9H11N3.C9H12N2O/c1-9(2)11-5-3-4-6-12(11)13(17)14-10(7-15)8-16;1-9(2)11-6-4-5-7-12(11)13(16)14-10(3)8-15;1-9(2)11-6-4-5-7-12(11)13(16)14-8-10(3)15;1-10(2)12-9-5-7-11-6-3-4-8-13(11)12;1-8(2)9-3-6-13-11-4-5-12-7-10(9)11;1-7(2)8-4-3-5-10-9(8)6-11(13)12-10;1-8(2)9-4-3-5-11-10(9)6-7-12-11;1-7(2)9-4-5-11-10(6-9)12-8(3)13;1-6(2)7-3-4-10-9-8(7)5-11-12-9;1-6(2)7-3-4-11-5-8(7)9(10)12/h3-6,9-10,15-16H,7-8H2,1-2H3,(H,14,17);2*4-7,9-10,15H,8H2,1-3H3,(H,14,16);3-10H,1-2H3;3-8H,1-2H3;3-5,7H,6H2,1-2H3,(H,12,13);3-8,12H,1-2H3;4-7H,1-3H3,(H,11,12,13);3-6H,1-2H3,(H,10,11,12);3-6H,1-2H3,(H2,10,12). The van der Waals surface area contributed by atoms with Crippen LogP contribution < -0.4 is 32.3 Å². The normalized spacial score (nSPS) is 11.6. The molecule has 7 aromatic carbocycles. The molecule has 0 bridgehead atoms. The fourth-order valence-corrected chi connectivity index (χ4v) is 15.0. The van der Waals surface area contributed by atoms with Crippen molar-refractivity contribution in [3.8, 4) is 0 Å². The Labute approximate surface area is 810 Å². The number of aliphatic hydroxyl groups excluding tert-OH is 4. The summed E-state index contributed by atoms with van der Waals surface area (Å²) in [7, 11) is 0. The van der Waals surface area contributed by atoms with Crippen LogP contribution >= 0.6 is 0 Å². The van der Waals surface area contributed by atoms with E-state index in [0.717, 1.165) is 44.5 Å². The molecule has 24 nitrogen and oxygen atoms in total. The van der Waals surface area contributed by atoms with Gasteiger partial charge >= 0.3 is 0 Å². The summed E-state index contributed by atoms with van der Waals surface area (Å²) < 4.78 is 0. The lowest BCUT2D eigenvalue weighted by Gasteiger charge is -2.16. The van der Waals surface area contributed by atoms with Crippen LogP contribution in [-0.2, 0) is 16.0 Å². The number of nitrogens with zero attached hydrogens (tertiary/aromatic N) is 6. The van der Waals surface area contributed by atoms with Gasteiger partial charge in [-0.3, -0.25) is 48.8 Å². The SMILES string of the molecule is CC(=O)Nc1cc(C(C)C)ccn1.CC(C)c1cccc2[nH]ccc12.CC(C)c1cccc2c1CC(=O)N2.CC(C)c1cccc2ccccc12.CC(C)c1ccccc1C(=O)NC(CO)CO.CC(C)c1ccnc2[nH]ncc12.CC(C)c1ccnc2ccncc12.CC(C)c1ccncc1C(N)=O.CC(CO)NC(=O)c1ccccc1C(C)C.CC(O)CNC(=O)c1ccccc1C(C)C. The highest BCUT2D eigenvalue weighted by atomic mass is 16.3. The van der Waals surface area contributed by atoms with E-state index in [4.69, 9.17) is 26.2 Å². The topological polar surface area (TPSA) is 378 Å². The van der Waals surface area contributed by atoms with Crippen LogP contribution in [0.15, 0.2) is 250 Å². The zero-order chi connectivity index (χ0) is 101. The van der Waals surface area contributed by atoms with Gasteiger partial charge in [-0.05, 0) is 218 Å². The summed E-state index contributed by atoms with van der Waals surface area (Å²) in [6.07, 6.45) is 16.1. The Hall–Kier alpha value is -13.5. The van der Waals surface area contributed by atoms with Gasteiger partial charge in [0.2, 0.25) is 11.8 Å². The van der Waals surface area contributed by atoms with E-state index in [1.54, 1.807) is 44.6 Å². The minimum absolute atomic E-state index is 0.0460. The molecule has 15 rings (SSSR count). The number of anilines is 2. The Morgan fingerprint density at radius 2 is 0.869 bits per heavy atom. The molecule has 13 N–H and O–H groups in total. The highest BCUT2D eigenvalue weighted by molar-refractivity contribution is 6.00. The number of H-pyrrole nitrogens is 2. The van der Waals surface area contributed by atoms with Crippen LogP contribution in [0.1, 0.15) is 321 Å². The van der Waals surface area contributed by atoms with Crippen LogP contribution in [0.3, 0.4) is 0 Å². The summed E-state index contributed by atoms with van der Waals surface area (Å²) in [4.78, 5) is 92.2. The predicted molar refractivity (Wildman–Crippen MR) is 559 cm³/mol. The van der Waals surface area contributed by atoms with E-state index >= 15 is 0 Å². The molecule has 0 spiro atoms. The third-order valence-electron chi connectivity index (χ3n) is 22.3. The number of aromatic amines is 2. The lowest BCUT2D eigenvalue weighted by molar-refractivity contribution is -0.115. The number of hydrogen-bond donors (Lipinski definition) is 12. The van der Waals surface area contributed by atoms with Crippen LogP contribution in [0, 0.1) is 0 Å². The molecule has 0 saturated heterocycles. The Morgan fingerprint density at radius 1 is 0.416 bits per heavy atom. The molecule has 0 radical (unpaired) electrons. The summed E-state index contributed by atoms with van der Waals surface area (Å²) >= 11 is 0. The molecular weight excluding hydrogens is 1710 g/mol. The molecule has 6 amide bonds. The van der Waals surface area contributed by atoms with Gasteiger partial charge in [0, 0.05) is 113 Å². The first kappa shape index (κ1) is 112. The number of nitrogens with two attached hydrogens (primary N) is 1. The van der Waals surface area contributed by atoms with Gasteiger partial charge in [-0.2, -0.15) is 5.10 Å². The molecule has 0 saturated carbocycles. The Kier molecular flexibility index (Phi) is 47.0.